The predicted octanol–water partition coefficient (Wildman–Crippen LogP) is 3.29. The highest BCUT2D eigenvalue weighted by atomic mass is 16.5. The maximum absolute atomic E-state index is 13.3. The van der Waals surface area contributed by atoms with E-state index >= 15 is 0 Å². The monoisotopic (exact) mass is 418 g/mol. The van der Waals surface area contributed by atoms with Gasteiger partial charge in [0.15, 0.2) is 0 Å². The number of piperidine rings is 1. The molecule has 3 heterocycles. The number of rotatable bonds is 5. The zero-order chi connectivity index (χ0) is 21.8. The highest BCUT2D eigenvalue weighted by molar-refractivity contribution is 5.94. The minimum atomic E-state index is -0.757. The van der Waals surface area contributed by atoms with Crippen LogP contribution in [-0.2, 0) is 11.2 Å². The van der Waals surface area contributed by atoms with Gasteiger partial charge in [0, 0.05) is 57.6 Å². The summed E-state index contributed by atoms with van der Waals surface area (Å²) in [5, 5.41) is 4.20. The average Bonchev–Trinajstić information content (AvgIpc) is 3.27. The Labute approximate surface area is 181 Å². The summed E-state index contributed by atoms with van der Waals surface area (Å²) in [6.45, 7) is 0.945. The summed E-state index contributed by atoms with van der Waals surface area (Å²) in [7, 11) is 3.50. The molecular weight excluding hydrogens is 392 g/mol. The molecule has 1 aliphatic heterocycles. The smallest absolute Gasteiger partial charge is 0.255 e. The Morgan fingerprint density at radius 1 is 1.16 bits per heavy atom. The molecule has 1 fully saturated rings. The molecule has 0 N–H and O–H groups in total. The maximum atomic E-state index is 13.3. The van der Waals surface area contributed by atoms with E-state index in [4.69, 9.17) is 4.52 Å². The van der Waals surface area contributed by atoms with Gasteiger partial charge >= 0.3 is 0 Å². The Balaban J connectivity index is 1.61. The fourth-order valence-electron chi connectivity index (χ4n) is 4.32. The second-order valence-corrected chi connectivity index (χ2v) is 8.27. The van der Waals surface area contributed by atoms with Crippen molar-refractivity contribution in [2.75, 3.05) is 27.2 Å². The van der Waals surface area contributed by atoms with Crippen LogP contribution in [0.4, 0.5) is 0 Å². The second kappa shape index (κ2) is 8.71. The molecule has 0 radical (unpaired) electrons. The topological polar surface area (TPSA) is 79.5 Å². The largest absolute Gasteiger partial charge is 0.361 e. The number of carbonyl (C=O) groups is 2. The van der Waals surface area contributed by atoms with Crippen LogP contribution in [0.15, 0.2) is 65.4 Å². The van der Waals surface area contributed by atoms with Crippen molar-refractivity contribution in [3.63, 3.8) is 0 Å². The second-order valence-electron chi connectivity index (χ2n) is 8.27. The number of nitrogens with zero attached hydrogens (tertiary/aromatic N) is 4. The van der Waals surface area contributed by atoms with Crippen LogP contribution in [0, 0.1) is 5.41 Å². The van der Waals surface area contributed by atoms with Crippen LogP contribution in [0.5, 0.6) is 0 Å². The maximum Gasteiger partial charge on any atom is 0.255 e. The number of hydrogen-bond acceptors (Lipinski definition) is 5. The van der Waals surface area contributed by atoms with E-state index < -0.39 is 5.41 Å². The van der Waals surface area contributed by atoms with Gasteiger partial charge in [-0.2, -0.15) is 0 Å². The number of amides is 2. The third kappa shape index (κ3) is 4.35. The van der Waals surface area contributed by atoms with Gasteiger partial charge in [-0.25, -0.2) is 0 Å². The van der Waals surface area contributed by atoms with E-state index in [1.807, 2.05) is 36.4 Å². The molecule has 0 bridgehead atoms. The van der Waals surface area contributed by atoms with Gasteiger partial charge in [0.1, 0.15) is 11.5 Å². The van der Waals surface area contributed by atoms with E-state index in [0.717, 1.165) is 17.7 Å². The molecule has 0 spiro atoms. The Morgan fingerprint density at radius 3 is 2.68 bits per heavy atom. The van der Waals surface area contributed by atoms with E-state index in [2.05, 4.69) is 10.1 Å². The number of aromatic nitrogens is 2. The van der Waals surface area contributed by atoms with Crippen molar-refractivity contribution in [1.82, 2.24) is 19.9 Å². The van der Waals surface area contributed by atoms with Crippen molar-refractivity contribution in [1.29, 1.82) is 0 Å². The lowest BCUT2D eigenvalue weighted by atomic mass is 9.75. The summed E-state index contributed by atoms with van der Waals surface area (Å²) in [5.74, 6) is 0.532. The Bertz CT molecular complexity index is 1050. The lowest BCUT2D eigenvalue weighted by Gasteiger charge is -2.42. The highest BCUT2D eigenvalue weighted by Gasteiger charge is 2.45. The zero-order valence-electron chi connectivity index (χ0n) is 17.8. The number of pyridine rings is 1. The molecule has 1 aromatic carbocycles. The minimum absolute atomic E-state index is 0.00570. The first-order valence-electron chi connectivity index (χ1n) is 10.4. The number of carbonyl (C=O) groups excluding carboxylic acids is 2. The molecule has 1 saturated heterocycles. The summed E-state index contributed by atoms with van der Waals surface area (Å²) < 4.78 is 5.62. The zero-order valence-corrected chi connectivity index (χ0v) is 17.8. The van der Waals surface area contributed by atoms with Crippen LogP contribution >= 0.6 is 0 Å². The molecule has 160 valence electrons. The van der Waals surface area contributed by atoms with Crippen molar-refractivity contribution >= 4 is 11.8 Å². The molecule has 4 rings (SSSR count). The van der Waals surface area contributed by atoms with Gasteiger partial charge in [-0.3, -0.25) is 14.6 Å². The molecule has 7 nitrogen and oxygen atoms in total. The van der Waals surface area contributed by atoms with Gasteiger partial charge in [0.05, 0.1) is 11.0 Å². The first-order chi connectivity index (χ1) is 15.0. The fourth-order valence-corrected chi connectivity index (χ4v) is 4.32. The van der Waals surface area contributed by atoms with E-state index in [0.29, 0.717) is 37.3 Å². The first-order valence-corrected chi connectivity index (χ1v) is 10.4. The molecule has 1 atom stereocenters. The lowest BCUT2D eigenvalue weighted by molar-refractivity contribution is -0.142. The van der Waals surface area contributed by atoms with Crippen molar-refractivity contribution in [3.05, 3.63) is 72.2 Å². The third-order valence-electron chi connectivity index (χ3n) is 5.77. The van der Waals surface area contributed by atoms with Crippen LogP contribution in [0.1, 0.15) is 29.0 Å². The summed E-state index contributed by atoms with van der Waals surface area (Å²) in [5.41, 5.74) is 1.47. The molecule has 31 heavy (non-hydrogen) atoms. The van der Waals surface area contributed by atoms with Crippen LogP contribution in [0.2, 0.25) is 0 Å². The van der Waals surface area contributed by atoms with E-state index in [1.54, 1.807) is 48.4 Å². The lowest BCUT2D eigenvalue weighted by Crippen LogP contribution is -2.54. The molecule has 0 saturated carbocycles. The molecule has 2 amide bonds. The Kier molecular flexibility index (Phi) is 5.84. The van der Waals surface area contributed by atoms with Crippen molar-refractivity contribution < 1.29 is 14.1 Å². The number of hydrogen-bond donors (Lipinski definition) is 0. The average molecular weight is 418 g/mol. The molecular formula is C24H26N4O3. The molecule has 3 aromatic rings. The standard InChI is InChI=1S/C24H26N4O3/c1-27(2)23(30)24(15-20-14-21(26-31-20)18-8-4-3-5-9-18)11-7-13-28(17-24)22(29)19-10-6-12-25-16-19/h3-6,8-10,12,14,16H,7,11,13,15,17H2,1-2H3. The summed E-state index contributed by atoms with van der Waals surface area (Å²) in [6, 6.07) is 15.2. The van der Waals surface area contributed by atoms with Gasteiger partial charge in [-0.15, -0.1) is 0 Å². The normalized spacial score (nSPS) is 18.6. The third-order valence-corrected chi connectivity index (χ3v) is 5.77. The quantitative estimate of drug-likeness (QED) is 0.635. The molecule has 7 heteroatoms. The number of benzene rings is 1. The SMILES string of the molecule is CN(C)C(=O)C1(Cc2cc(-c3ccccc3)no2)CCCN(C(=O)c2cccnc2)C1. The van der Waals surface area contributed by atoms with Gasteiger partial charge < -0.3 is 14.3 Å². The number of likely N-dealkylation sites (tertiary alicyclic amines) is 1. The van der Waals surface area contributed by atoms with E-state index in [1.165, 1.54) is 0 Å². The fraction of sp³-hybridized carbons (Fsp3) is 0.333. The minimum Gasteiger partial charge on any atom is -0.361 e. The van der Waals surface area contributed by atoms with Gasteiger partial charge in [-0.1, -0.05) is 35.5 Å². The summed E-state index contributed by atoms with van der Waals surface area (Å²) in [6.07, 6.45) is 5.02. The summed E-state index contributed by atoms with van der Waals surface area (Å²) in [4.78, 5) is 33.8. The van der Waals surface area contributed by atoms with Gasteiger partial charge in [0.25, 0.3) is 5.91 Å². The Morgan fingerprint density at radius 2 is 1.97 bits per heavy atom. The van der Waals surface area contributed by atoms with Crippen molar-refractivity contribution in [3.8, 4) is 11.3 Å². The van der Waals surface area contributed by atoms with Gasteiger partial charge in [0.2, 0.25) is 5.91 Å². The molecule has 2 aromatic heterocycles. The van der Waals surface area contributed by atoms with Crippen LogP contribution in [-0.4, -0.2) is 58.9 Å². The van der Waals surface area contributed by atoms with Crippen molar-refractivity contribution in [2.24, 2.45) is 5.41 Å². The Hall–Kier alpha value is -3.48. The van der Waals surface area contributed by atoms with Crippen LogP contribution in [0.3, 0.4) is 0 Å². The highest BCUT2D eigenvalue weighted by Crippen LogP contribution is 2.37. The van der Waals surface area contributed by atoms with Crippen molar-refractivity contribution in [2.45, 2.75) is 19.3 Å². The molecule has 1 unspecified atom stereocenters. The molecule has 0 aliphatic carbocycles. The van der Waals surface area contributed by atoms with E-state index in [-0.39, 0.29) is 11.8 Å². The van der Waals surface area contributed by atoms with Crippen LogP contribution in [0.25, 0.3) is 11.3 Å². The molecule has 1 aliphatic rings. The van der Waals surface area contributed by atoms with Crippen LogP contribution < -0.4 is 0 Å². The first kappa shape index (κ1) is 20.8. The van der Waals surface area contributed by atoms with E-state index in [9.17, 15) is 9.59 Å². The van der Waals surface area contributed by atoms with Gasteiger partial charge in [-0.05, 0) is 25.0 Å². The predicted molar refractivity (Wildman–Crippen MR) is 116 cm³/mol. The summed E-state index contributed by atoms with van der Waals surface area (Å²) >= 11 is 0.